The lowest BCUT2D eigenvalue weighted by molar-refractivity contribution is -0.152. The van der Waals surface area contributed by atoms with Crippen molar-refractivity contribution >= 4 is 68.9 Å². The van der Waals surface area contributed by atoms with Gasteiger partial charge in [-0.2, -0.15) is 20.4 Å². The maximum Gasteiger partial charge on any atom is 0.325 e. The zero-order valence-electron chi connectivity index (χ0n) is 49.7. The van der Waals surface area contributed by atoms with E-state index in [9.17, 15) is 42.3 Å². The number of hydrogen-bond donors (Lipinski definition) is 4. The van der Waals surface area contributed by atoms with Gasteiger partial charge in [-0.1, -0.05) is 19.1 Å². The van der Waals surface area contributed by atoms with E-state index < -0.39 is 46.8 Å². The van der Waals surface area contributed by atoms with Gasteiger partial charge in [0.05, 0.1) is 101 Å². The number of anilines is 1. The first-order valence-corrected chi connectivity index (χ1v) is 29.8. The molecule has 2 aliphatic heterocycles. The van der Waals surface area contributed by atoms with Crippen LogP contribution in [0, 0.1) is 22.6 Å². The highest BCUT2D eigenvalue weighted by atomic mass is 19.3. The maximum absolute atomic E-state index is 16.0. The van der Waals surface area contributed by atoms with Crippen LogP contribution < -0.4 is 16.0 Å². The van der Waals surface area contributed by atoms with E-state index in [1.807, 2.05) is 17.0 Å². The summed E-state index contributed by atoms with van der Waals surface area (Å²) >= 11 is 0. The third-order valence-electron chi connectivity index (χ3n) is 18.2. The lowest BCUT2D eigenvalue weighted by atomic mass is 9.56. The van der Waals surface area contributed by atoms with E-state index in [4.69, 9.17) is 19.3 Å². The number of aryl methyl sites for hydroxylation is 1. The number of H-pyrrole nitrogens is 1. The van der Waals surface area contributed by atoms with Crippen LogP contribution >= 0.6 is 0 Å². The van der Waals surface area contributed by atoms with E-state index in [0.29, 0.717) is 128 Å². The molecule has 5 aliphatic rings. The van der Waals surface area contributed by atoms with E-state index in [0.717, 1.165) is 5.52 Å². The standard InChI is InChI=1S/C60H73F3N14O11/c1-58-27-44-42(24-47(58)60(58,62)63)56(70-69-44)57(84)68-38-29-67-76(31-38)39-10-14-74(15-11-39)51(81)12-16-86-18-20-88-21-19-87-17-13-64-48(78)8-9-50(80)75-34-59(35-75)25-37(26-59)55-54-40(41-23-46-36(22-43(41)61)28-66-73(46)3)6-5-7-45(54)77(71-55)33-52(82)72(2)32-49(79)65-30-53(83)85-4/h5-7,22-23,28-29,31,37,39,47H,8-21,24-27,30,32-35H2,1-4H3,(H,64,78)(H,65,79)(H,68,84)(H,69,70). The highest BCUT2D eigenvalue weighted by Gasteiger charge is 2.78. The van der Waals surface area contributed by atoms with Crippen LogP contribution in [0.25, 0.3) is 32.9 Å². The first-order chi connectivity index (χ1) is 42.2. The number of nitrogens with one attached hydrogen (secondary N) is 4. The second kappa shape index (κ2) is 25.5. The van der Waals surface area contributed by atoms with Gasteiger partial charge in [-0.25, -0.2) is 13.2 Å². The number of methoxy groups -OCH3 is 1. The lowest BCUT2D eigenvalue weighted by Crippen LogP contribution is -2.63. The summed E-state index contributed by atoms with van der Waals surface area (Å²) in [4.78, 5) is 94.3. The minimum Gasteiger partial charge on any atom is -0.468 e. The molecule has 6 aromatic rings. The second-order valence-corrected chi connectivity index (χ2v) is 24.1. The van der Waals surface area contributed by atoms with Gasteiger partial charge in [0.2, 0.25) is 29.5 Å². The Hall–Kier alpha value is -8.24. The first kappa shape index (κ1) is 61.4. The summed E-state index contributed by atoms with van der Waals surface area (Å²) in [5.41, 5.74) is 3.53. The Labute approximate surface area is 504 Å². The fraction of sp³-hybridized carbons (Fsp3) is 0.550. The molecule has 4 aromatic heterocycles. The maximum atomic E-state index is 16.0. The summed E-state index contributed by atoms with van der Waals surface area (Å²) in [5.74, 6) is -6.48. The fourth-order valence-corrected chi connectivity index (χ4v) is 13.1. The van der Waals surface area contributed by atoms with Crippen LogP contribution in [0.3, 0.4) is 0 Å². The van der Waals surface area contributed by atoms with Crippen LogP contribution in [0.5, 0.6) is 0 Å². The van der Waals surface area contributed by atoms with Crippen LogP contribution in [-0.2, 0) is 74.1 Å². The molecule has 6 amide bonds. The SMILES string of the molecule is COC(=O)CNC(=O)CN(C)C(=O)Cn1nc(C2CC3(C2)CN(C(=O)CCC(=O)NCCOCCOCCOCCC(=O)N2CCC(n4cc(NC(=O)c5n[nH]c6c5CC5C(F)(F)C5(C)C6)cn4)CC2)C3)c2c(-c3cc4c(cnn4C)cc3F)cccc21. The van der Waals surface area contributed by atoms with Crippen molar-refractivity contribution in [3.63, 3.8) is 0 Å². The average Bonchev–Trinajstić information content (AvgIpc) is 1.50. The number of hydrogen-bond acceptors (Lipinski definition) is 15. The fourth-order valence-electron chi connectivity index (χ4n) is 13.1. The number of carbonyl (C=O) groups excluding carboxylic acids is 7. The van der Waals surface area contributed by atoms with Crippen molar-refractivity contribution < 1.29 is 65.7 Å². The number of piperidine rings is 1. The molecule has 0 bridgehead atoms. The van der Waals surface area contributed by atoms with Crippen molar-refractivity contribution in [2.45, 2.75) is 89.1 Å². The monoisotopic (exact) mass is 1220 g/mol. The van der Waals surface area contributed by atoms with Crippen LogP contribution in [-0.4, -0.2) is 201 Å². The highest BCUT2D eigenvalue weighted by molar-refractivity contribution is 6.04. The number of likely N-dealkylation sites (tertiary alicyclic amines) is 2. The van der Waals surface area contributed by atoms with Gasteiger partial charge < -0.3 is 49.6 Å². The molecule has 6 heterocycles. The molecule has 1 spiro atoms. The third kappa shape index (κ3) is 12.7. The molecule has 88 heavy (non-hydrogen) atoms. The van der Waals surface area contributed by atoms with Gasteiger partial charge in [0, 0.05) is 123 Å². The Morgan fingerprint density at radius 3 is 2.32 bits per heavy atom. The molecule has 28 heteroatoms. The molecule has 2 unspecified atom stereocenters. The Bertz CT molecular complexity index is 3630. The predicted molar refractivity (Wildman–Crippen MR) is 310 cm³/mol. The van der Waals surface area contributed by atoms with Gasteiger partial charge in [-0.3, -0.25) is 52.7 Å². The lowest BCUT2D eigenvalue weighted by Gasteiger charge is -2.59. The van der Waals surface area contributed by atoms with Crippen LogP contribution in [0.15, 0.2) is 48.9 Å². The van der Waals surface area contributed by atoms with Crippen LogP contribution in [0.4, 0.5) is 18.9 Å². The summed E-state index contributed by atoms with van der Waals surface area (Å²) in [6, 6.07) is 8.70. The molecule has 2 atom stereocenters. The Morgan fingerprint density at radius 1 is 0.841 bits per heavy atom. The van der Waals surface area contributed by atoms with Crippen LogP contribution in [0.2, 0.25) is 0 Å². The van der Waals surface area contributed by atoms with Crippen molar-refractivity contribution in [1.82, 2.24) is 64.9 Å². The number of amides is 6. The quantitative estimate of drug-likeness (QED) is 0.0442. The van der Waals surface area contributed by atoms with Crippen molar-refractivity contribution in [3.8, 4) is 11.1 Å². The number of likely N-dealkylation sites (N-methyl/N-ethyl adjacent to an activating group) is 1. The number of esters is 1. The molecule has 25 nitrogen and oxygen atoms in total. The molecule has 4 fully saturated rings. The first-order valence-electron chi connectivity index (χ1n) is 29.8. The molecule has 2 saturated heterocycles. The van der Waals surface area contributed by atoms with E-state index >= 15 is 4.39 Å². The van der Waals surface area contributed by atoms with Crippen LogP contribution in [0.1, 0.15) is 91.3 Å². The van der Waals surface area contributed by atoms with Crippen molar-refractivity contribution in [2.75, 3.05) is 105 Å². The van der Waals surface area contributed by atoms with E-state index in [1.165, 1.54) is 25.1 Å². The second-order valence-electron chi connectivity index (χ2n) is 24.1. The number of aromatic amines is 1. The van der Waals surface area contributed by atoms with Gasteiger partial charge in [0.25, 0.3) is 11.8 Å². The summed E-state index contributed by atoms with van der Waals surface area (Å²) in [6.07, 6.45) is 8.24. The van der Waals surface area contributed by atoms with Gasteiger partial charge in [-0.05, 0) is 55.9 Å². The van der Waals surface area contributed by atoms with Crippen molar-refractivity contribution in [3.05, 3.63) is 77.4 Å². The summed E-state index contributed by atoms with van der Waals surface area (Å²) in [5, 5.41) is 30.1. The third-order valence-corrected chi connectivity index (χ3v) is 18.2. The number of benzene rings is 2. The smallest absolute Gasteiger partial charge is 0.325 e. The van der Waals surface area contributed by atoms with Gasteiger partial charge in [0.1, 0.15) is 18.9 Å². The zero-order valence-corrected chi connectivity index (χ0v) is 49.7. The Balaban J connectivity index is 0.540. The largest absolute Gasteiger partial charge is 0.468 e. The minimum absolute atomic E-state index is 0.00813. The normalized spacial score (nSPS) is 19.2. The highest BCUT2D eigenvalue weighted by Crippen LogP contribution is 2.70. The van der Waals surface area contributed by atoms with E-state index in [1.54, 1.807) is 63.6 Å². The molecule has 3 aliphatic carbocycles. The molecule has 2 saturated carbocycles. The molecular formula is C60H73F3N14O11. The van der Waals surface area contributed by atoms with Gasteiger partial charge in [0.15, 0.2) is 5.69 Å². The molecular weight excluding hydrogens is 1150 g/mol. The number of nitrogens with zero attached hydrogens (tertiary/aromatic N) is 10. The number of ether oxygens (including phenoxy) is 4. The molecule has 0 radical (unpaired) electrons. The van der Waals surface area contributed by atoms with Gasteiger partial charge >= 0.3 is 5.97 Å². The summed E-state index contributed by atoms with van der Waals surface area (Å²) < 4.78 is 71.2. The van der Waals surface area contributed by atoms with E-state index in [-0.39, 0.29) is 112 Å². The average molecular weight is 1220 g/mol. The summed E-state index contributed by atoms with van der Waals surface area (Å²) in [6.45, 7) is 4.88. The van der Waals surface area contributed by atoms with Gasteiger partial charge in [-0.15, -0.1) is 0 Å². The Morgan fingerprint density at radius 2 is 1.57 bits per heavy atom. The number of rotatable bonds is 26. The zero-order chi connectivity index (χ0) is 62.1. The van der Waals surface area contributed by atoms with Crippen molar-refractivity contribution in [2.24, 2.45) is 23.8 Å². The topological polar surface area (TPSA) is 284 Å². The molecule has 4 N–H and O–H groups in total. The predicted octanol–water partition coefficient (Wildman–Crippen LogP) is 3.92. The number of carbonyl (C=O) groups is 7. The Kier molecular flexibility index (Phi) is 17.8. The number of fused-ring (bicyclic) bond motifs is 4. The molecule has 11 rings (SSSR count). The molecule has 470 valence electrons. The van der Waals surface area contributed by atoms with E-state index in [2.05, 4.69) is 41.1 Å². The van der Waals surface area contributed by atoms with Crippen molar-refractivity contribution in [1.29, 1.82) is 0 Å². The molecule has 2 aromatic carbocycles. The number of halogens is 3. The number of aromatic nitrogens is 8. The minimum atomic E-state index is -2.75. The number of alkyl halides is 2. The summed E-state index contributed by atoms with van der Waals surface area (Å²) in [7, 11) is 4.47.